The first-order valence-corrected chi connectivity index (χ1v) is 6.08. The van der Waals surface area contributed by atoms with E-state index in [0.29, 0.717) is 0 Å². The smallest absolute Gasteiger partial charge is 0.144 e. The second kappa shape index (κ2) is 5.25. The molecule has 0 saturated carbocycles. The van der Waals surface area contributed by atoms with Gasteiger partial charge in [-0.2, -0.15) is 0 Å². The molecule has 16 heavy (non-hydrogen) atoms. The molecule has 0 atom stereocenters. The van der Waals surface area contributed by atoms with Crippen molar-refractivity contribution in [1.82, 2.24) is 14.9 Å². The number of anilines is 1. The monoisotopic (exact) mass is 220 g/mol. The standard InChI is InChI=1S/C12H20N4/c1-3-13-11-8-10(2)14-12(15-11)9-16-6-4-5-7-16/h8H,3-7,9H2,1-2H3,(H,13,14,15). The highest BCUT2D eigenvalue weighted by Crippen LogP contribution is 2.12. The average molecular weight is 220 g/mol. The molecule has 1 aromatic rings. The Morgan fingerprint density at radius 2 is 2.06 bits per heavy atom. The first-order chi connectivity index (χ1) is 7.78. The molecule has 2 heterocycles. The van der Waals surface area contributed by atoms with E-state index < -0.39 is 0 Å². The Morgan fingerprint density at radius 1 is 1.31 bits per heavy atom. The van der Waals surface area contributed by atoms with Gasteiger partial charge in [-0.1, -0.05) is 0 Å². The molecular formula is C12H20N4. The molecule has 0 amide bonds. The molecule has 0 aromatic carbocycles. The maximum atomic E-state index is 4.52. The lowest BCUT2D eigenvalue weighted by Gasteiger charge is -2.14. The number of rotatable bonds is 4. The van der Waals surface area contributed by atoms with E-state index >= 15 is 0 Å². The van der Waals surface area contributed by atoms with Crippen LogP contribution in [0.25, 0.3) is 0 Å². The maximum Gasteiger partial charge on any atom is 0.144 e. The number of aromatic nitrogens is 2. The van der Waals surface area contributed by atoms with Crippen LogP contribution < -0.4 is 5.32 Å². The van der Waals surface area contributed by atoms with Crippen LogP contribution in [0.1, 0.15) is 31.3 Å². The summed E-state index contributed by atoms with van der Waals surface area (Å²) in [4.78, 5) is 11.4. The van der Waals surface area contributed by atoms with E-state index in [-0.39, 0.29) is 0 Å². The van der Waals surface area contributed by atoms with Gasteiger partial charge in [-0.3, -0.25) is 4.90 Å². The number of aryl methyl sites for hydroxylation is 1. The highest BCUT2D eigenvalue weighted by atomic mass is 15.2. The fourth-order valence-corrected chi connectivity index (χ4v) is 2.11. The van der Waals surface area contributed by atoms with Crippen molar-refractivity contribution in [2.24, 2.45) is 0 Å². The zero-order chi connectivity index (χ0) is 11.4. The summed E-state index contributed by atoms with van der Waals surface area (Å²) >= 11 is 0. The zero-order valence-corrected chi connectivity index (χ0v) is 10.2. The summed E-state index contributed by atoms with van der Waals surface area (Å²) in [6.45, 7) is 8.27. The van der Waals surface area contributed by atoms with E-state index in [2.05, 4.69) is 27.1 Å². The van der Waals surface area contributed by atoms with Gasteiger partial charge in [0.1, 0.15) is 11.6 Å². The summed E-state index contributed by atoms with van der Waals surface area (Å²) in [5.74, 6) is 1.89. The van der Waals surface area contributed by atoms with Crippen molar-refractivity contribution in [3.8, 4) is 0 Å². The second-order valence-electron chi connectivity index (χ2n) is 4.32. The molecule has 4 heteroatoms. The van der Waals surface area contributed by atoms with Crippen LogP contribution in [0.2, 0.25) is 0 Å². The summed E-state index contributed by atoms with van der Waals surface area (Å²) in [7, 11) is 0. The Bertz CT molecular complexity index is 345. The summed E-state index contributed by atoms with van der Waals surface area (Å²) in [5, 5.41) is 3.24. The molecule has 0 spiro atoms. The minimum Gasteiger partial charge on any atom is -0.370 e. The lowest BCUT2D eigenvalue weighted by Crippen LogP contribution is -2.20. The van der Waals surface area contributed by atoms with Crippen LogP contribution in [0.3, 0.4) is 0 Å². The Labute approximate surface area is 97.1 Å². The van der Waals surface area contributed by atoms with Gasteiger partial charge in [0.2, 0.25) is 0 Å². The predicted molar refractivity (Wildman–Crippen MR) is 65.4 cm³/mol. The number of hydrogen-bond acceptors (Lipinski definition) is 4. The first-order valence-electron chi connectivity index (χ1n) is 6.08. The normalized spacial score (nSPS) is 16.6. The van der Waals surface area contributed by atoms with Crippen molar-refractivity contribution < 1.29 is 0 Å². The third-order valence-electron chi connectivity index (χ3n) is 2.82. The van der Waals surface area contributed by atoms with Crippen molar-refractivity contribution in [2.75, 3.05) is 25.0 Å². The van der Waals surface area contributed by atoms with E-state index in [4.69, 9.17) is 0 Å². The Kier molecular flexibility index (Phi) is 3.72. The Morgan fingerprint density at radius 3 is 2.75 bits per heavy atom. The van der Waals surface area contributed by atoms with Gasteiger partial charge >= 0.3 is 0 Å². The lowest BCUT2D eigenvalue weighted by molar-refractivity contribution is 0.322. The molecule has 4 nitrogen and oxygen atoms in total. The number of likely N-dealkylation sites (tertiary alicyclic amines) is 1. The van der Waals surface area contributed by atoms with Crippen molar-refractivity contribution >= 4 is 5.82 Å². The van der Waals surface area contributed by atoms with Crippen LogP contribution in [0.4, 0.5) is 5.82 Å². The van der Waals surface area contributed by atoms with Gasteiger partial charge in [-0.15, -0.1) is 0 Å². The van der Waals surface area contributed by atoms with E-state index in [9.17, 15) is 0 Å². The maximum absolute atomic E-state index is 4.52. The highest BCUT2D eigenvalue weighted by molar-refractivity contribution is 5.35. The minimum absolute atomic E-state index is 0.889. The summed E-state index contributed by atoms with van der Waals surface area (Å²) in [5.41, 5.74) is 1.04. The van der Waals surface area contributed by atoms with Crippen LogP contribution in [0.15, 0.2) is 6.07 Å². The van der Waals surface area contributed by atoms with Gasteiger partial charge in [0.05, 0.1) is 6.54 Å². The third kappa shape index (κ3) is 2.92. The second-order valence-corrected chi connectivity index (χ2v) is 4.32. The number of nitrogens with one attached hydrogen (secondary N) is 1. The van der Waals surface area contributed by atoms with Crippen LogP contribution >= 0.6 is 0 Å². The van der Waals surface area contributed by atoms with Gasteiger partial charge in [0.25, 0.3) is 0 Å². The SMILES string of the molecule is CCNc1cc(C)nc(CN2CCCC2)n1. The van der Waals surface area contributed by atoms with Gasteiger partial charge in [0.15, 0.2) is 0 Å². The molecule has 1 aliphatic heterocycles. The predicted octanol–water partition coefficient (Wildman–Crippen LogP) is 1.81. The van der Waals surface area contributed by atoms with E-state index in [0.717, 1.165) is 30.4 Å². The van der Waals surface area contributed by atoms with Crippen LogP contribution in [0, 0.1) is 6.92 Å². The minimum atomic E-state index is 0.889. The van der Waals surface area contributed by atoms with Crippen molar-refractivity contribution in [1.29, 1.82) is 0 Å². The van der Waals surface area contributed by atoms with E-state index in [1.807, 2.05) is 13.0 Å². The van der Waals surface area contributed by atoms with E-state index in [1.54, 1.807) is 0 Å². The number of hydrogen-bond donors (Lipinski definition) is 1. The molecular weight excluding hydrogens is 200 g/mol. The first kappa shape index (κ1) is 11.3. The van der Waals surface area contributed by atoms with Gasteiger partial charge in [-0.05, 0) is 39.8 Å². The van der Waals surface area contributed by atoms with Crippen LogP contribution in [-0.2, 0) is 6.54 Å². The van der Waals surface area contributed by atoms with Crippen molar-refractivity contribution in [3.05, 3.63) is 17.6 Å². The molecule has 0 unspecified atom stereocenters. The summed E-state index contributed by atoms with van der Waals surface area (Å²) in [6.07, 6.45) is 2.62. The summed E-state index contributed by atoms with van der Waals surface area (Å²) < 4.78 is 0. The third-order valence-corrected chi connectivity index (χ3v) is 2.82. The largest absolute Gasteiger partial charge is 0.370 e. The zero-order valence-electron chi connectivity index (χ0n) is 10.2. The Balaban J connectivity index is 2.06. The van der Waals surface area contributed by atoms with Crippen LogP contribution in [-0.4, -0.2) is 34.5 Å². The van der Waals surface area contributed by atoms with Crippen molar-refractivity contribution in [2.45, 2.75) is 33.2 Å². The van der Waals surface area contributed by atoms with E-state index in [1.165, 1.54) is 25.9 Å². The van der Waals surface area contributed by atoms with Gasteiger partial charge < -0.3 is 5.32 Å². The van der Waals surface area contributed by atoms with Gasteiger partial charge in [-0.25, -0.2) is 9.97 Å². The van der Waals surface area contributed by atoms with Crippen molar-refractivity contribution in [3.63, 3.8) is 0 Å². The van der Waals surface area contributed by atoms with Gasteiger partial charge in [0, 0.05) is 18.3 Å². The molecule has 1 fully saturated rings. The Hall–Kier alpha value is -1.16. The molecule has 1 saturated heterocycles. The molecule has 2 rings (SSSR count). The highest BCUT2D eigenvalue weighted by Gasteiger charge is 2.13. The fraction of sp³-hybridized carbons (Fsp3) is 0.667. The molecule has 88 valence electrons. The number of nitrogens with zero attached hydrogens (tertiary/aromatic N) is 3. The van der Waals surface area contributed by atoms with Crippen LogP contribution in [0.5, 0.6) is 0 Å². The quantitative estimate of drug-likeness (QED) is 0.840. The molecule has 1 N–H and O–H groups in total. The molecule has 0 radical (unpaired) electrons. The summed E-state index contributed by atoms with van der Waals surface area (Å²) in [6, 6.07) is 2.00. The molecule has 1 aliphatic rings. The fourth-order valence-electron chi connectivity index (χ4n) is 2.11. The molecule has 0 bridgehead atoms. The average Bonchev–Trinajstić information content (AvgIpc) is 2.70. The molecule has 1 aromatic heterocycles. The molecule has 0 aliphatic carbocycles. The lowest BCUT2D eigenvalue weighted by atomic mass is 10.4. The topological polar surface area (TPSA) is 41.1 Å².